The van der Waals surface area contributed by atoms with E-state index < -0.39 is 6.36 Å². The van der Waals surface area contributed by atoms with Gasteiger partial charge in [0, 0.05) is 6.04 Å². The van der Waals surface area contributed by atoms with Gasteiger partial charge in [-0.15, -0.1) is 13.2 Å². The number of halogens is 3. The average molecular weight is 303 g/mol. The summed E-state index contributed by atoms with van der Waals surface area (Å²) < 4.78 is 40.8. The zero-order chi connectivity index (χ0) is 15.7. The largest absolute Gasteiger partial charge is 0.573 e. The number of rotatable bonds is 9. The fourth-order valence-corrected chi connectivity index (χ4v) is 2.34. The molecule has 1 N–H and O–H groups in total. The molecule has 0 saturated carbocycles. The fourth-order valence-electron chi connectivity index (χ4n) is 2.34. The van der Waals surface area contributed by atoms with E-state index in [9.17, 15) is 13.2 Å². The van der Waals surface area contributed by atoms with Crippen LogP contribution in [-0.4, -0.2) is 12.9 Å². The van der Waals surface area contributed by atoms with Crippen LogP contribution in [0.1, 0.15) is 57.6 Å². The molecule has 1 aromatic rings. The molecule has 120 valence electrons. The second-order valence-electron chi connectivity index (χ2n) is 5.08. The van der Waals surface area contributed by atoms with Crippen LogP contribution < -0.4 is 10.1 Å². The number of benzene rings is 1. The molecule has 2 nitrogen and oxygen atoms in total. The summed E-state index contributed by atoms with van der Waals surface area (Å²) >= 11 is 0. The van der Waals surface area contributed by atoms with Gasteiger partial charge in [-0.25, -0.2) is 0 Å². The number of hydrogen-bond donors (Lipinski definition) is 1. The lowest BCUT2D eigenvalue weighted by atomic mass is 9.99. The van der Waals surface area contributed by atoms with E-state index in [1.807, 2.05) is 13.0 Å². The molecular formula is C16H24F3NO. The summed E-state index contributed by atoms with van der Waals surface area (Å²) in [5.41, 5.74) is 0.843. The molecule has 1 aromatic carbocycles. The van der Waals surface area contributed by atoms with Crippen LogP contribution >= 0.6 is 0 Å². The number of unbranched alkanes of at least 4 members (excludes halogenated alkanes) is 3. The van der Waals surface area contributed by atoms with Crippen molar-refractivity contribution >= 4 is 0 Å². The Hall–Kier alpha value is -1.23. The Morgan fingerprint density at radius 2 is 1.90 bits per heavy atom. The van der Waals surface area contributed by atoms with E-state index >= 15 is 0 Å². The zero-order valence-corrected chi connectivity index (χ0v) is 12.7. The molecule has 0 heterocycles. The van der Waals surface area contributed by atoms with E-state index in [4.69, 9.17) is 0 Å². The number of ether oxygens (including phenoxy) is 1. The minimum Gasteiger partial charge on any atom is -0.406 e. The number of nitrogens with one attached hydrogen (secondary N) is 1. The van der Waals surface area contributed by atoms with Gasteiger partial charge >= 0.3 is 6.36 Å². The van der Waals surface area contributed by atoms with Crippen molar-refractivity contribution in [3.05, 3.63) is 29.8 Å². The minimum absolute atomic E-state index is 0.0728. The Balaban J connectivity index is 2.70. The van der Waals surface area contributed by atoms with Gasteiger partial charge in [0.05, 0.1) is 0 Å². The molecule has 0 aliphatic rings. The molecule has 21 heavy (non-hydrogen) atoms. The average Bonchev–Trinajstić information content (AvgIpc) is 2.41. The van der Waals surface area contributed by atoms with Gasteiger partial charge in [-0.3, -0.25) is 0 Å². The Bertz CT molecular complexity index is 407. The van der Waals surface area contributed by atoms with Gasteiger partial charge in [0.2, 0.25) is 0 Å². The molecule has 5 heteroatoms. The Morgan fingerprint density at radius 1 is 1.14 bits per heavy atom. The standard InChI is InChI=1S/C16H24F3NO/c1-3-5-6-7-11-15(20-4-2)13-9-8-10-14(12-13)21-16(17,18)19/h8-10,12,15,20H,3-7,11H2,1-2H3. The highest BCUT2D eigenvalue weighted by molar-refractivity contribution is 5.30. The zero-order valence-electron chi connectivity index (χ0n) is 12.7. The third kappa shape index (κ3) is 7.37. The lowest BCUT2D eigenvalue weighted by Gasteiger charge is -2.19. The second kappa shape index (κ2) is 8.93. The minimum atomic E-state index is -4.65. The van der Waals surface area contributed by atoms with Crippen LogP contribution in [0.25, 0.3) is 0 Å². The summed E-state index contributed by atoms with van der Waals surface area (Å²) in [6, 6.07) is 6.32. The summed E-state index contributed by atoms with van der Waals surface area (Å²) in [5.74, 6) is -0.156. The van der Waals surface area contributed by atoms with Gasteiger partial charge in [0.15, 0.2) is 0 Å². The summed E-state index contributed by atoms with van der Waals surface area (Å²) in [5, 5.41) is 3.33. The van der Waals surface area contributed by atoms with Crippen molar-refractivity contribution in [2.45, 2.75) is 58.4 Å². The van der Waals surface area contributed by atoms with Gasteiger partial charge in [-0.05, 0) is 30.7 Å². The molecule has 0 aliphatic carbocycles. The van der Waals surface area contributed by atoms with E-state index in [-0.39, 0.29) is 11.8 Å². The second-order valence-corrected chi connectivity index (χ2v) is 5.08. The summed E-state index contributed by atoms with van der Waals surface area (Å²) in [6.45, 7) is 4.93. The van der Waals surface area contributed by atoms with E-state index in [0.29, 0.717) is 0 Å². The monoisotopic (exact) mass is 303 g/mol. The summed E-state index contributed by atoms with van der Waals surface area (Å²) in [4.78, 5) is 0. The first kappa shape index (κ1) is 17.8. The number of alkyl halides is 3. The third-order valence-electron chi connectivity index (χ3n) is 3.29. The van der Waals surface area contributed by atoms with Crippen molar-refractivity contribution in [1.29, 1.82) is 0 Å². The summed E-state index contributed by atoms with van der Waals surface area (Å²) in [6.07, 6.45) is 0.848. The predicted molar refractivity (Wildman–Crippen MR) is 78.3 cm³/mol. The SMILES string of the molecule is CCCCCCC(NCC)c1cccc(OC(F)(F)F)c1. The molecule has 0 fully saturated rings. The highest BCUT2D eigenvalue weighted by Crippen LogP contribution is 2.27. The van der Waals surface area contributed by atoms with E-state index in [2.05, 4.69) is 17.0 Å². The van der Waals surface area contributed by atoms with Gasteiger partial charge < -0.3 is 10.1 Å². The Morgan fingerprint density at radius 3 is 2.52 bits per heavy atom. The van der Waals surface area contributed by atoms with E-state index in [1.165, 1.54) is 25.0 Å². The highest BCUT2D eigenvalue weighted by Gasteiger charge is 2.31. The van der Waals surface area contributed by atoms with Crippen molar-refractivity contribution in [3.8, 4) is 5.75 Å². The molecule has 0 aliphatic heterocycles. The maximum Gasteiger partial charge on any atom is 0.573 e. The first-order chi connectivity index (χ1) is 9.96. The van der Waals surface area contributed by atoms with Crippen LogP contribution in [0.2, 0.25) is 0 Å². The molecule has 0 spiro atoms. The van der Waals surface area contributed by atoms with Gasteiger partial charge in [0.25, 0.3) is 0 Å². The van der Waals surface area contributed by atoms with Crippen molar-refractivity contribution in [3.63, 3.8) is 0 Å². The van der Waals surface area contributed by atoms with Gasteiger partial charge in [-0.1, -0.05) is 51.7 Å². The maximum atomic E-state index is 12.3. The molecule has 0 amide bonds. The van der Waals surface area contributed by atoms with Crippen LogP contribution in [0.15, 0.2) is 24.3 Å². The van der Waals surface area contributed by atoms with Crippen LogP contribution in [0.4, 0.5) is 13.2 Å². The van der Waals surface area contributed by atoms with Gasteiger partial charge in [-0.2, -0.15) is 0 Å². The maximum absolute atomic E-state index is 12.3. The Labute approximate surface area is 124 Å². The fraction of sp³-hybridized carbons (Fsp3) is 0.625. The molecule has 0 bridgehead atoms. The smallest absolute Gasteiger partial charge is 0.406 e. The van der Waals surface area contributed by atoms with Crippen molar-refractivity contribution in [2.24, 2.45) is 0 Å². The normalized spacial score (nSPS) is 13.2. The third-order valence-corrected chi connectivity index (χ3v) is 3.29. The molecule has 0 aromatic heterocycles. The lowest BCUT2D eigenvalue weighted by molar-refractivity contribution is -0.274. The topological polar surface area (TPSA) is 21.3 Å². The molecule has 0 saturated heterocycles. The molecule has 1 unspecified atom stereocenters. The van der Waals surface area contributed by atoms with Crippen LogP contribution in [0, 0.1) is 0 Å². The highest BCUT2D eigenvalue weighted by atomic mass is 19.4. The summed E-state index contributed by atoms with van der Waals surface area (Å²) in [7, 11) is 0. The quantitative estimate of drug-likeness (QED) is 0.633. The predicted octanol–water partition coefficient (Wildman–Crippen LogP) is 5.21. The van der Waals surface area contributed by atoms with Crippen molar-refractivity contribution < 1.29 is 17.9 Å². The van der Waals surface area contributed by atoms with Crippen molar-refractivity contribution in [2.75, 3.05) is 6.54 Å². The lowest BCUT2D eigenvalue weighted by Crippen LogP contribution is -2.21. The van der Waals surface area contributed by atoms with Crippen LogP contribution in [0.3, 0.4) is 0 Å². The molecule has 1 atom stereocenters. The van der Waals surface area contributed by atoms with E-state index in [1.54, 1.807) is 6.07 Å². The first-order valence-corrected chi connectivity index (χ1v) is 7.55. The molecule has 0 radical (unpaired) electrons. The van der Waals surface area contributed by atoms with Crippen LogP contribution in [0.5, 0.6) is 5.75 Å². The van der Waals surface area contributed by atoms with E-state index in [0.717, 1.165) is 31.4 Å². The molecular weight excluding hydrogens is 279 g/mol. The first-order valence-electron chi connectivity index (χ1n) is 7.55. The van der Waals surface area contributed by atoms with Crippen molar-refractivity contribution in [1.82, 2.24) is 5.32 Å². The number of hydrogen-bond acceptors (Lipinski definition) is 2. The molecule has 1 rings (SSSR count). The van der Waals surface area contributed by atoms with Crippen LogP contribution in [-0.2, 0) is 0 Å². The van der Waals surface area contributed by atoms with Gasteiger partial charge in [0.1, 0.15) is 5.75 Å². The Kier molecular flexibility index (Phi) is 7.57.